The van der Waals surface area contributed by atoms with Gasteiger partial charge in [-0.2, -0.15) is 0 Å². The molecule has 0 aromatic rings. The van der Waals surface area contributed by atoms with E-state index in [-0.39, 0.29) is 28.9 Å². The molecule has 0 saturated carbocycles. The first-order valence-electron chi connectivity index (χ1n) is 4.72. The molecule has 6 nitrogen and oxygen atoms in total. The van der Waals surface area contributed by atoms with Gasteiger partial charge in [-0.25, -0.2) is 0 Å². The zero-order valence-electron chi connectivity index (χ0n) is 8.10. The minimum atomic E-state index is -0.381. The quantitative estimate of drug-likeness (QED) is 0.679. The smallest absolute Gasteiger partial charge is 0.219 e. The van der Waals surface area contributed by atoms with Crippen LogP contribution < -0.4 is 5.43 Å². The van der Waals surface area contributed by atoms with Crippen molar-refractivity contribution < 1.29 is 4.79 Å². The lowest BCUT2D eigenvalue weighted by Gasteiger charge is -2.10. The summed E-state index contributed by atoms with van der Waals surface area (Å²) in [6, 6.07) is 1.68. The summed E-state index contributed by atoms with van der Waals surface area (Å²) < 4.78 is 0. The highest BCUT2D eigenvalue weighted by atomic mass is 16.1. The number of fused-ring (bicyclic) bond motifs is 2. The van der Waals surface area contributed by atoms with Crippen molar-refractivity contribution in [2.45, 2.75) is 6.42 Å². The molecule has 78 valence electrons. The molecule has 1 N–H and O–H groups in total. The largest absolute Gasteiger partial charge is 0.294 e. The number of H-pyrrole nitrogens is 1. The monoisotopic (exact) mass is 214 g/mol. The van der Waals surface area contributed by atoms with E-state index < -0.39 is 0 Å². The van der Waals surface area contributed by atoms with E-state index >= 15 is 0 Å². The number of benzene rings is 1. The molecule has 3 aliphatic rings. The number of hydrogen-bond acceptors (Lipinski definition) is 5. The Balaban J connectivity index is 2.48. The van der Waals surface area contributed by atoms with Gasteiger partial charge in [0.25, 0.3) is 0 Å². The van der Waals surface area contributed by atoms with Crippen molar-refractivity contribution in [2.24, 2.45) is 0 Å². The molecule has 0 unspecified atom stereocenters. The molecule has 0 amide bonds. The van der Waals surface area contributed by atoms with E-state index in [1.807, 2.05) is 0 Å². The maximum Gasteiger partial charge on any atom is 0.219 e. The normalized spacial score (nSPS) is 14.1. The maximum atomic E-state index is 12.0. The highest BCUT2D eigenvalue weighted by molar-refractivity contribution is 6.03. The van der Waals surface area contributed by atoms with Crippen LogP contribution in [0, 0.1) is 0 Å². The van der Waals surface area contributed by atoms with E-state index in [1.54, 1.807) is 18.2 Å². The van der Waals surface area contributed by atoms with E-state index in [9.17, 15) is 9.59 Å². The lowest BCUT2D eigenvalue weighted by atomic mass is 9.93. The molecule has 0 bridgehead atoms. The van der Waals surface area contributed by atoms with Crippen molar-refractivity contribution >= 4 is 11.9 Å². The van der Waals surface area contributed by atoms with Gasteiger partial charge in [0.2, 0.25) is 5.43 Å². The first kappa shape index (κ1) is 8.90. The Kier molecular flexibility index (Phi) is 1.70. The second-order valence-electron chi connectivity index (χ2n) is 3.50. The first-order chi connectivity index (χ1) is 7.77. The number of aromatic nitrogens is 4. The van der Waals surface area contributed by atoms with Gasteiger partial charge in [0.15, 0.2) is 11.5 Å². The molecular formula is C10H6N4O2. The molecule has 3 rings (SSSR count). The third-order valence-corrected chi connectivity index (χ3v) is 2.53. The minimum absolute atomic E-state index is 0.150. The number of rotatable bonds is 0. The Bertz CT molecular complexity index is 644. The third-order valence-electron chi connectivity index (χ3n) is 2.53. The summed E-state index contributed by atoms with van der Waals surface area (Å²) in [4.78, 5) is 23.6. The summed E-state index contributed by atoms with van der Waals surface area (Å²) in [6.45, 7) is 0. The number of allylic oxidation sites excluding steroid dienone is 1. The van der Waals surface area contributed by atoms with Gasteiger partial charge < -0.3 is 0 Å². The standard InChI is InChI=1S/C10H6N4O2/c15-7-3-1-2-5-4-6-9(10(16)8(5)7)12-14-13-11-6/h1-2,4H,3H2,(H,11,14). The fraction of sp³-hybridized carbons (Fsp3) is 0.100. The van der Waals surface area contributed by atoms with Gasteiger partial charge in [-0.1, -0.05) is 12.2 Å². The van der Waals surface area contributed by atoms with E-state index in [4.69, 9.17) is 0 Å². The second kappa shape index (κ2) is 3.06. The lowest BCUT2D eigenvalue weighted by Crippen LogP contribution is -2.23. The van der Waals surface area contributed by atoms with Crippen molar-refractivity contribution in [1.29, 1.82) is 0 Å². The summed E-state index contributed by atoms with van der Waals surface area (Å²) in [5.41, 5.74) is 1.06. The maximum absolute atomic E-state index is 12.0. The first-order valence-corrected chi connectivity index (χ1v) is 4.72. The van der Waals surface area contributed by atoms with Crippen molar-refractivity contribution in [3.8, 4) is 11.4 Å². The van der Waals surface area contributed by atoms with Crippen molar-refractivity contribution in [2.75, 3.05) is 0 Å². The van der Waals surface area contributed by atoms with Crippen LogP contribution in [0.2, 0.25) is 0 Å². The Labute approximate surface area is 89.3 Å². The predicted molar refractivity (Wildman–Crippen MR) is 55.1 cm³/mol. The van der Waals surface area contributed by atoms with Gasteiger partial charge in [0.05, 0.1) is 11.3 Å². The fourth-order valence-electron chi connectivity index (χ4n) is 1.81. The molecule has 0 fully saturated rings. The molecule has 16 heavy (non-hydrogen) atoms. The molecule has 1 heterocycles. The van der Waals surface area contributed by atoms with E-state index in [1.165, 1.54) is 0 Å². The number of Topliss-reactive ketones (excluding diaryl/α,β-unsaturated/α-hetero) is 1. The minimum Gasteiger partial charge on any atom is -0.294 e. The van der Waals surface area contributed by atoms with Gasteiger partial charge >= 0.3 is 0 Å². The molecule has 2 aliphatic carbocycles. The summed E-state index contributed by atoms with van der Waals surface area (Å²) in [6.07, 6.45) is 3.75. The third kappa shape index (κ3) is 1.10. The van der Waals surface area contributed by atoms with E-state index in [2.05, 4.69) is 20.6 Å². The van der Waals surface area contributed by atoms with Crippen LogP contribution >= 0.6 is 0 Å². The lowest BCUT2D eigenvalue weighted by molar-refractivity contribution is 0.0993. The van der Waals surface area contributed by atoms with Crippen LogP contribution in [0.15, 0.2) is 16.9 Å². The molecule has 0 spiro atoms. The zero-order chi connectivity index (χ0) is 11.1. The summed E-state index contributed by atoms with van der Waals surface area (Å²) >= 11 is 0. The molecular weight excluding hydrogens is 208 g/mol. The van der Waals surface area contributed by atoms with E-state index in [0.717, 1.165) is 0 Å². The topological polar surface area (TPSA) is 88.6 Å². The van der Waals surface area contributed by atoms with Crippen LogP contribution in [-0.2, 0) is 0 Å². The number of carbonyl (C=O) groups excluding carboxylic acids is 1. The number of carbonyl (C=O) groups is 1. The van der Waals surface area contributed by atoms with E-state index in [0.29, 0.717) is 11.3 Å². The highest BCUT2D eigenvalue weighted by Crippen LogP contribution is 2.21. The van der Waals surface area contributed by atoms with Crippen LogP contribution in [0.4, 0.5) is 0 Å². The van der Waals surface area contributed by atoms with Gasteiger partial charge in [0.1, 0.15) is 0 Å². The highest BCUT2D eigenvalue weighted by Gasteiger charge is 2.22. The molecule has 6 heteroatoms. The molecule has 0 aromatic carbocycles. The summed E-state index contributed by atoms with van der Waals surface area (Å²) in [7, 11) is 0. The van der Waals surface area contributed by atoms with Crippen LogP contribution in [0.5, 0.6) is 0 Å². The summed E-state index contributed by atoms with van der Waals surface area (Å²) in [5.74, 6) is -0.178. The Hall–Kier alpha value is -2.37. The molecule has 0 radical (unpaired) electrons. The predicted octanol–water partition coefficient (Wildman–Crippen LogP) is 0.264. The molecule has 1 aliphatic heterocycles. The van der Waals surface area contributed by atoms with Crippen molar-refractivity contribution in [1.82, 2.24) is 20.6 Å². The molecule has 0 saturated heterocycles. The average molecular weight is 214 g/mol. The zero-order valence-corrected chi connectivity index (χ0v) is 8.10. The number of nitrogens with zero attached hydrogens (tertiary/aromatic N) is 3. The Morgan fingerprint density at radius 3 is 3.06 bits per heavy atom. The SMILES string of the molecule is O=C1CC=Cc2cc3[nH]nnnc-3c(=O)c21. The van der Waals surface area contributed by atoms with Gasteiger partial charge in [-0.05, 0) is 22.1 Å². The number of hydrogen-bond donors (Lipinski definition) is 1. The van der Waals surface area contributed by atoms with Crippen LogP contribution in [0.25, 0.3) is 17.5 Å². The molecule has 0 atom stereocenters. The Morgan fingerprint density at radius 1 is 1.31 bits per heavy atom. The van der Waals surface area contributed by atoms with Crippen molar-refractivity contribution in [3.63, 3.8) is 0 Å². The number of aromatic amines is 1. The average Bonchev–Trinajstić information content (AvgIpc) is 2.29. The number of ketones is 1. The van der Waals surface area contributed by atoms with Gasteiger partial charge in [-0.3, -0.25) is 14.7 Å². The van der Waals surface area contributed by atoms with Crippen LogP contribution in [-0.4, -0.2) is 26.4 Å². The fourth-order valence-corrected chi connectivity index (χ4v) is 1.81. The molecule has 0 aromatic heterocycles. The van der Waals surface area contributed by atoms with Gasteiger partial charge in [0, 0.05) is 6.42 Å². The van der Waals surface area contributed by atoms with Gasteiger partial charge in [-0.15, -0.1) is 5.10 Å². The van der Waals surface area contributed by atoms with Crippen LogP contribution in [0.1, 0.15) is 22.3 Å². The van der Waals surface area contributed by atoms with Crippen molar-refractivity contribution in [3.05, 3.63) is 33.5 Å². The van der Waals surface area contributed by atoms with Crippen LogP contribution in [0.3, 0.4) is 0 Å². The number of nitrogens with one attached hydrogen (secondary N) is 1. The summed E-state index contributed by atoms with van der Waals surface area (Å²) in [5, 5.41) is 13.1. The Morgan fingerprint density at radius 2 is 2.19 bits per heavy atom. The second-order valence-corrected chi connectivity index (χ2v) is 3.50.